The SMILES string of the molecule is CCC[C@H](CC(=O)O)NC(=O)c1cnc[nH]c1=O. The predicted molar refractivity (Wildman–Crippen MR) is 63.3 cm³/mol. The minimum atomic E-state index is -0.992. The molecule has 98 valence electrons. The Morgan fingerprint density at radius 3 is 2.83 bits per heavy atom. The molecule has 0 aliphatic carbocycles. The first-order valence-corrected chi connectivity index (χ1v) is 5.60. The number of amides is 1. The molecule has 1 atom stereocenters. The van der Waals surface area contributed by atoms with Gasteiger partial charge in [0.25, 0.3) is 11.5 Å². The second-order valence-corrected chi connectivity index (χ2v) is 3.85. The lowest BCUT2D eigenvalue weighted by Gasteiger charge is -2.15. The molecule has 0 aromatic carbocycles. The lowest BCUT2D eigenvalue weighted by Crippen LogP contribution is -2.38. The zero-order chi connectivity index (χ0) is 13.5. The molecule has 0 bridgehead atoms. The Balaban J connectivity index is 2.75. The fraction of sp³-hybridized carbons (Fsp3) is 0.455. The first kappa shape index (κ1) is 13.9. The number of nitrogens with one attached hydrogen (secondary N) is 2. The molecule has 0 radical (unpaired) electrons. The van der Waals surface area contributed by atoms with Crippen LogP contribution in [-0.4, -0.2) is 33.0 Å². The number of rotatable bonds is 6. The van der Waals surface area contributed by atoms with E-state index in [1.165, 1.54) is 6.33 Å². The summed E-state index contributed by atoms with van der Waals surface area (Å²) < 4.78 is 0. The van der Waals surface area contributed by atoms with E-state index >= 15 is 0 Å². The van der Waals surface area contributed by atoms with E-state index in [2.05, 4.69) is 15.3 Å². The van der Waals surface area contributed by atoms with E-state index in [0.717, 1.165) is 12.6 Å². The number of carbonyl (C=O) groups excluding carboxylic acids is 1. The van der Waals surface area contributed by atoms with Crippen LogP contribution in [-0.2, 0) is 4.79 Å². The minimum absolute atomic E-state index is 0.121. The van der Waals surface area contributed by atoms with Crippen molar-refractivity contribution in [1.82, 2.24) is 15.3 Å². The molecule has 1 heterocycles. The smallest absolute Gasteiger partial charge is 0.305 e. The number of carboxylic acid groups (broad SMARTS) is 1. The van der Waals surface area contributed by atoms with Crippen LogP contribution in [0.2, 0.25) is 0 Å². The van der Waals surface area contributed by atoms with Crippen molar-refractivity contribution in [3.05, 3.63) is 28.4 Å². The Hall–Kier alpha value is -2.18. The molecule has 0 spiro atoms. The number of nitrogens with zero attached hydrogens (tertiary/aromatic N) is 1. The highest BCUT2D eigenvalue weighted by Crippen LogP contribution is 2.03. The Morgan fingerprint density at radius 1 is 1.56 bits per heavy atom. The number of aliphatic carboxylic acids is 1. The normalized spacial score (nSPS) is 11.8. The fourth-order valence-corrected chi connectivity index (χ4v) is 1.55. The molecule has 1 aromatic rings. The topological polar surface area (TPSA) is 112 Å². The summed E-state index contributed by atoms with van der Waals surface area (Å²) in [6.07, 6.45) is 3.44. The number of hydrogen-bond donors (Lipinski definition) is 3. The van der Waals surface area contributed by atoms with Gasteiger partial charge in [-0.3, -0.25) is 14.4 Å². The van der Waals surface area contributed by atoms with Gasteiger partial charge < -0.3 is 15.4 Å². The summed E-state index contributed by atoms with van der Waals surface area (Å²) in [5.74, 6) is -1.60. The highest BCUT2D eigenvalue weighted by Gasteiger charge is 2.18. The van der Waals surface area contributed by atoms with E-state index in [4.69, 9.17) is 5.11 Å². The maximum Gasteiger partial charge on any atom is 0.305 e. The number of hydrogen-bond acceptors (Lipinski definition) is 4. The zero-order valence-corrected chi connectivity index (χ0v) is 9.97. The maximum atomic E-state index is 11.8. The standard InChI is InChI=1S/C11H15N3O4/c1-2-3-7(4-9(15)16)14-11(18)8-5-12-6-13-10(8)17/h5-7H,2-4H2,1H3,(H,14,18)(H,15,16)(H,12,13,17)/t7-/m1/s1. The maximum absolute atomic E-state index is 11.8. The molecular weight excluding hydrogens is 238 g/mol. The number of H-pyrrole nitrogens is 1. The third-order valence-electron chi connectivity index (χ3n) is 2.36. The lowest BCUT2D eigenvalue weighted by atomic mass is 10.1. The average Bonchev–Trinajstić information content (AvgIpc) is 2.28. The summed E-state index contributed by atoms with van der Waals surface area (Å²) in [5, 5.41) is 11.2. The zero-order valence-electron chi connectivity index (χ0n) is 9.97. The van der Waals surface area contributed by atoms with Crippen LogP contribution in [0, 0.1) is 0 Å². The summed E-state index contributed by atoms with van der Waals surface area (Å²) in [4.78, 5) is 39.7. The third kappa shape index (κ3) is 4.00. The van der Waals surface area contributed by atoms with Gasteiger partial charge in [-0.2, -0.15) is 0 Å². The third-order valence-corrected chi connectivity index (χ3v) is 2.36. The van der Waals surface area contributed by atoms with Crippen molar-refractivity contribution in [3.63, 3.8) is 0 Å². The number of aromatic nitrogens is 2. The lowest BCUT2D eigenvalue weighted by molar-refractivity contribution is -0.137. The van der Waals surface area contributed by atoms with Crippen molar-refractivity contribution >= 4 is 11.9 Å². The van der Waals surface area contributed by atoms with Crippen LogP contribution >= 0.6 is 0 Å². The second-order valence-electron chi connectivity index (χ2n) is 3.85. The van der Waals surface area contributed by atoms with E-state index in [1.807, 2.05) is 6.92 Å². The Kier molecular flexibility index (Phi) is 5.04. The van der Waals surface area contributed by atoms with E-state index < -0.39 is 23.5 Å². The first-order valence-electron chi connectivity index (χ1n) is 5.60. The summed E-state index contributed by atoms with van der Waals surface area (Å²) in [6, 6.07) is -0.486. The summed E-state index contributed by atoms with van der Waals surface area (Å²) >= 11 is 0. The molecule has 0 saturated carbocycles. The molecule has 1 rings (SSSR count). The van der Waals surface area contributed by atoms with Crippen molar-refractivity contribution in [1.29, 1.82) is 0 Å². The number of carboxylic acids is 1. The van der Waals surface area contributed by atoms with Gasteiger partial charge in [-0.15, -0.1) is 0 Å². The largest absolute Gasteiger partial charge is 0.481 e. The van der Waals surface area contributed by atoms with Crippen LogP contribution in [0.3, 0.4) is 0 Å². The number of aromatic amines is 1. The van der Waals surface area contributed by atoms with Gasteiger partial charge >= 0.3 is 5.97 Å². The molecule has 18 heavy (non-hydrogen) atoms. The van der Waals surface area contributed by atoms with Crippen LogP contribution < -0.4 is 10.9 Å². The van der Waals surface area contributed by atoms with Crippen molar-refractivity contribution in [3.8, 4) is 0 Å². The molecule has 0 unspecified atom stereocenters. The molecule has 7 heteroatoms. The Bertz CT molecular complexity index is 483. The summed E-state index contributed by atoms with van der Waals surface area (Å²) in [6.45, 7) is 1.89. The van der Waals surface area contributed by atoms with Crippen LogP contribution in [0.15, 0.2) is 17.3 Å². The summed E-state index contributed by atoms with van der Waals surface area (Å²) in [5.41, 5.74) is -0.669. The monoisotopic (exact) mass is 253 g/mol. The van der Waals surface area contributed by atoms with Gasteiger partial charge in [0, 0.05) is 12.2 Å². The molecule has 0 fully saturated rings. The Labute approximate surface area is 103 Å². The molecule has 7 nitrogen and oxygen atoms in total. The molecule has 3 N–H and O–H groups in total. The number of carbonyl (C=O) groups is 2. The van der Waals surface area contributed by atoms with Crippen molar-refractivity contribution in [2.75, 3.05) is 0 Å². The van der Waals surface area contributed by atoms with E-state index in [0.29, 0.717) is 6.42 Å². The van der Waals surface area contributed by atoms with Gasteiger partial charge in [-0.05, 0) is 6.42 Å². The molecular formula is C11H15N3O4. The van der Waals surface area contributed by atoms with Gasteiger partial charge in [-0.25, -0.2) is 4.98 Å². The first-order chi connectivity index (χ1) is 8.54. The minimum Gasteiger partial charge on any atom is -0.481 e. The van der Waals surface area contributed by atoms with Gasteiger partial charge in [0.2, 0.25) is 0 Å². The second kappa shape index (κ2) is 6.53. The van der Waals surface area contributed by atoms with Gasteiger partial charge in [0.05, 0.1) is 12.7 Å². The van der Waals surface area contributed by atoms with Crippen LogP contribution in [0.5, 0.6) is 0 Å². The van der Waals surface area contributed by atoms with Crippen LogP contribution in [0.4, 0.5) is 0 Å². The molecule has 1 amide bonds. The average molecular weight is 253 g/mol. The van der Waals surface area contributed by atoms with Crippen molar-refractivity contribution in [2.45, 2.75) is 32.2 Å². The van der Waals surface area contributed by atoms with Crippen LogP contribution in [0.1, 0.15) is 36.5 Å². The molecule has 1 aromatic heterocycles. The molecule has 0 aliphatic heterocycles. The Morgan fingerprint density at radius 2 is 2.28 bits per heavy atom. The highest BCUT2D eigenvalue weighted by atomic mass is 16.4. The molecule has 0 saturated heterocycles. The predicted octanol–water partition coefficient (Wildman–Crippen LogP) is 0.143. The van der Waals surface area contributed by atoms with Crippen molar-refractivity contribution < 1.29 is 14.7 Å². The van der Waals surface area contributed by atoms with Gasteiger partial charge in [-0.1, -0.05) is 13.3 Å². The fourth-order valence-electron chi connectivity index (χ4n) is 1.55. The van der Waals surface area contributed by atoms with Gasteiger partial charge in [0.1, 0.15) is 5.56 Å². The van der Waals surface area contributed by atoms with E-state index in [9.17, 15) is 14.4 Å². The van der Waals surface area contributed by atoms with Crippen molar-refractivity contribution in [2.24, 2.45) is 0 Å². The summed E-state index contributed by atoms with van der Waals surface area (Å²) in [7, 11) is 0. The van der Waals surface area contributed by atoms with Gasteiger partial charge in [0.15, 0.2) is 0 Å². The molecule has 0 aliphatic rings. The van der Waals surface area contributed by atoms with E-state index in [1.54, 1.807) is 0 Å². The quantitative estimate of drug-likeness (QED) is 0.667. The highest BCUT2D eigenvalue weighted by molar-refractivity contribution is 5.93. The van der Waals surface area contributed by atoms with E-state index in [-0.39, 0.29) is 12.0 Å². The van der Waals surface area contributed by atoms with Crippen LogP contribution in [0.25, 0.3) is 0 Å².